The molecule has 1 saturated heterocycles. The zero-order valence-electron chi connectivity index (χ0n) is 19.0. The van der Waals surface area contributed by atoms with Crippen molar-refractivity contribution in [2.45, 2.75) is 31.8 Å². The third-order valence-corrected chi connectivity index (χ3v) is 5.36. The molecule has 1 unspecified atom stereocenters. The number of benzene rings is 2. The molecule has 0 amide bonds. The van der Waals surface area contributed by atoms with Crippen molar-refractivity contribution < 1.29 is 37.0 Å². The first-order valence-electron chi connectivity index (χ1n) is 10.8. The molecule has 0 spiro atoms. The first kappa shape index (κ1) is 25.1. The van der Waals surface area contributed by atoms with E-state index in [1.807, 2.05) is 0 Å². The lowest BCUT2D eigenvalue weighted by atomic mass is 9.98. The van der Waals surface area contributed by atoms with Gasteiger partial charge in [0.15, 0.2) is 0 Å². The number of furan rings is 1. The second-order valence-electron chi connectivity index (χ2n) is 7.63. The Kier molecular flexibility index (Phi) is 8.93. The van der Waals surface area contributed by atoms with E-state index in [0.717, 1.165) is 25.0 Å². The fraction of sp³-hybridized carbons (Fsp3) is 0.308. The van der Waals surface area contributed by atoms with E-state index < -0.39 is 5.97 Å². The molecule has 180 valence electrons. The van der Waals surface area contributed by atoms with Gasteiger partial charge in [-0.05, 0) is 72.0 Å². The Hall–Kier alpha value is -3.52. The molecule has 0 aliphatic carbocycles. The number of rotatable bonds is 6. The van der Waals surface area contributed by atoms with Gasteiger partial charge in [-0.15, -0.1) is 0 Å². The van der Waals surface area contributed by atoms with Crippen molar-refractivity contribution in [2.24, 2.45) is 0 Å². The number of halogens is 2. The van der Waals surface area contributed by atoms with Crippen LogP contribution in [-0.2, 0) is 36.6 Å². The van der Waals surface area contributed by atoms with Crippen LogP contribution in [0.5, 0.6) is 0 Å². The molecule has 3 aromatic rings. The molecule has 34 heavy (non-hydrogen) atoms. The Bertz CT molecular complexity index is 1100. The summed E-state index contributed by atoms with van der Waals surface area (Å²) in [6.07, 6.45) is 3.53. The van der Waals surface area contributed by atoms with Crippen LogP contribution in [-0.4, -0.2) is 32.8 Å². The van der Waals surface area contributed by atoms with Gasteiger partial charge in [-0.25, -0.2) is 8.78 Å². The summed E-state index contributed by atoms with van der Waals surface area (Å²) in [6.45, 7) is 0.722. The standard InChI is InChI=1S/C13H15FO3.C13H11FO3/c2*1-16-13(15)8-9-7-10(14)4-5-11(9)12-3-2-6-17-12/h4-5,7,12H,2-3,6,8H2,1H3;2-7H,8H2,1H3. The molecule has 0 bridgehead atoms. The summed E-state index contributed by atoms with van der Waals surface area (Å²) in [4.78, 5) is 22.5. The summed E-state index contributed by atoms with van der Waals surface area (Å²) in [6, 6.07) is 12.2. The predicted octanol–water partition coefficient (Wildman–Crippen LogP) is 5.19. The van der Waals surface area contributed by atoms with Gasteiger partial charge in [-0.2, -0.15) is 0 Å². The van der Waals surface area contributed by atoms with Gasteiger partial charge in [0, 0.05) is 12.2 Å². The minimum Gasteiger partial charge on any atom is -0.469 e. The second kappa shape index (κ2) is 12.1. The number of hydrogen-bond donors (Lipinski definition) is 0. The largest absolute Gasteiger partial charge is 0.469 e. The average Bonchev–Trinajstić information content (AvgIpc) is 3.54. The van der Waals surface area contributed by atoms with Gasteiger partial charge >= 0.3 is 11.9 Å². The summed E-state index contributed by atoms with van der Waals surface area (Å²) in [5, 5.41) is 0. The highest BCUT2D eigenvalue weighted by Crippen LogP contribution is 2.31. The number of carbonyl (C=O) groups excluding carboxylic acids is 2. The quantitative estimate of drug-likeness (QED) is 0.460. The number of esters is 2. The van der Waals surface area contributed by atoms with E-state index in [-0.39, 0.29) is 36.5 Å². The minimum atomic E-state index is -0.414. The molecule has 1 fully saturated rings. The second-order valence-corrected chi connectivity index (χ2v) is 7.63. The molecule has 1 aliphatic rings. The highest BCUT2D eigenvalue weighted by Gasteiger charge is 2.22. The maximum Gasteiger partial charge on any atom is 0.310 e. The summed E-state index contributed by atoms with van der Waals surface area (Å²) in [5.74, 6) is -0.910. The van der Waals surface area contributed by atoms with Crippen LogP contribution >= 0.6 is 0 Å². The van der Waals surface area contributed by atoms with Gasteiger partial charge in [-0.1, -0.05) is 6.07 Å². The monoisotopic (exact) mass is 472 g/mol. The van der Waals surface area contributed by atoms with E-state index in [2.05, 4.69) is 9.47 Å². The van der Waals surface area contributed by atoms with Gasteiger partial charge < -0.3 is 18.6 Å². The SMILES string of the molecule is COC(=O)Cc1cc(F)ccc1-c1ccco1.COC(=O)Cc1cc(F)ccc1C1CCCO1. The van der Waals surface area contributed by atoms with Crippen molar-refractivity contribution in [3.63, 3.8) is 0 Å². The molecule has 6 nitrogen and oxygen atoms in total. The van der Waals surface area contributed by atoms with Gasteiger partial charge in [0.05, 0.1) is 39.4 Å². The molecular formula is C26H26F2O6. The van der Waals surface area contributed by atoms with Crippen molar-refractivity contribution in [1.29, 1.82) is 0 Å². The van der Waals surface area contributed by atoms with Crippen LogP contribution in [0.3, 0.4) is 0 Å². The lowest BCUT2D eigenvalue weighted by molar-refractivity contribution is -0.140. The first-order valence-corrected chi connectivity index (χ1v) is 10.8. The lowest BCUT2D eigenvalue weighted by Crippen LogP contribution is -2.09. The van der Waals surface area contributed by atoms with Gasteiger partial charge in [0.2, 0.25) is 0 Å². The molecule has 0 radical (unpaired) electrons. The van der Waals surface area contributed by atoms with E-state index in [4.69, 9.17) is 9.15 Å². The smallest absolute Gasteiger partial charge is 0.310 e. The van der Waals surface area contributed by atoms with E-state index in [1.54, 1.807) is 24.3 Å². The molecule has 1 aromatic heterocycles. The third-order valence-electron chi connectivity index (χ3n) is 5.36. The van der Waals surface area contributed by atoms with Gasteiger partial charge in [-0.3, -0.25) is 9.59 Å². The van der Waals surface area contributed by atoms with Crippen molar-refractivity contribution in [3.8, 4) is 11.3 Å². The number of methoxy groups -OCH3 is 2. The fourth-order valence-corrected chi connectivity index (χ4v) is 3.70. The van der Waals surface area contributed by atoms with Crippen LogP contribution in [0.15, 0.2) is 59.2 Å². The van der Waals surface area contributed by atoms with Crippen molar-refractivity contribution in [3.05, 3.63) is 83.1 Å². The molecule has 2 heterocycles. The normalized spacial score (nSPS) is 14.8. The van der Waals surface area contributed by atoms with Crippen molar-refractivity contribution >= 4 is 11.9 Å². The topological polar surface area (TPSA) is 75.0 Å². The third kappa shape index (κ3) is 6.74. The summed E-state index contributed by atoms with van der Waals surface area (Å²) >= 11 is 0. The Morgan fingerprint density at radius 3 is 2.18 bits per heavy atom. The summed E-state index contributed by atoms with van der Waals surface area (Å²) < 4.78 is 46.3. The van der Waals surface area contributed by atoms with Crippen LogP contribution < -0.4 is 0 Å². The molecule has 2 aromatic carbocycles. The molecule has 1 atom stereocenters. The van der Waals surface area contributed by atoms with E-state index in [1.165, 1.54) is 44.7 Å². The highest BCUT2D eigenvalue weighted by atomic mass is 19.1. The van der Waals surface area contributed by atoms with Gasteiger partial charge in [0.1, 0.15) is 17.4 Å². The molecule has 0 N–H and O–H groups in total. The molecule has 4 rings (SSSR count). The van der Waals surface area contributed by atoms with Gasteiger partial charge in [0.25, 0.3) is 0 Å². The molecule has 1 aliphatic heterocycles. The fourth-order valence-electron chi connectivity index (χ4n) is 3.70. The van der Waals surface area contributed by atoms with E-state index in [0.29, 0.717) is 22.5 Å². The van der Waals surface area contributed by atoms with Crippen molar-refractivity contribution in [2.75, 3.05) is 20.8 Å². The molecule has 8 heteroatoms. The van der Waals surface area contributed by atoms with Crippen LogP contribution in [0.25, 0.3) is 11.3 Å². The zero-order valence-corrected chi connectivity index (χ0v) is 19.0. The van der Waals surface area contributed by atoms with Crippen molar-refractivity contribution in [1.82, 2.24) is 0 Å². The number of carbonyl (C=O) groups is 2. The maximum atomic E-state index is 13.2. The van der Waals surface area contributed by atoms with Crippen LogP contribution in [0.2, 0.25) is 0 Å². The molecule has 0 saturated carbocycles. The maximum absolute atomic E-state index is 13.2. The lowest BCUT2D eigenvalue weighted by Gasteiger charge is -2.14. The van der Waals surface area contributed by atoms with E-state index in [9.17, 15) is 18.4 Å². The number of ether oxygens (including phenoxy) is 3. The molecular weight excluding hydrogens is 446 g/mol. The first-order chi connectivity index (χ1) is 16.4. The number of hydrogen-bond acceptors (Lipinski definition) is 6. The Balaban J connectivity index is 0.000000191. The summed E-state index contributed by atoms with van der Waals surface area (Å²) in [7, 11) is 2.63. The Labute approximate surface area is 196 Å². The zero-order chi connectivity index (χ0) is 24.5. The summed E-state index contributed by atoms with van der Waals surface area (Å²) in [5.41, 5.74) is 2.80. The van der Waals surface area contributed by atoms with Crippen LogP contribution in [0, 0.1) is 11.6 Å². The highest BCUT2D eigenvalue weighted by molar-refractivity contribution is 5.76. The van der Waals surface area contributed by atoms with E-state index >= 15 is 0 Å². The Morgan fingerprint density at radius 1 is 0.941 bits per heavy atom. The minimum absolute atomic E-state index is 0.0181. The van der Waals surface area contributed by atoms with Crippen LogP contribution in [0.1, 0.15) is 35.6 Å². The average molecular weight is 472 g/mol. The predicted molar refractivity (Wildman–Crippen MR) is 120 cm³/mol. The van der Waals surface area contributed by atoms with Crippen LogP contribution in [0.4, 0.5) is 8.78 Å². The Morgan fingerprint density at radius 2 is 1.59 bits per heavy atom.